The molecular formula is C15H21FN2O. The SMILES string of the molecule is NCCCN(C(=O)CC1CCC1)c1cccc(F)c1. The first-order valence-electron chi connectivity index (χ1n) is 6.96. The predicted molar refractivity (Wildman–Crippen MR) is 74.4 cm³/mol. The van der Waals surface area contributed by atoms with Crippen LogP contribution in [-0.2, 0) is 4.79 Å². The summed E-state index contributed by atoms with van der Waals surface area (Å²) in [6.07, 6.45) is 4.80. The molecule has 1 saturated carbocycles. The summed E-state index contributed by atoms with van der Waals surface area (Å²) < 4.78 is 13.3. The van der Waals surface area contributed by atoms with Gasteiger partial charge < -0.3 is 10.6 Å². The highest BCUT2D eigenvalue weighted by Gasteiger charge is 2.24. The third-order valence-electron chi connectivity index (χ3n) is 3.69. The fraction of sp³-hybridized carbons (Fsp3) is 0.533. The first-order valence-corrected chi connectivity index (χ1v) is 6.96. The molecule has 19 heavy (non-hydrogen) atoms. The van der Waals surface area contributed by atoms with Crippen LogP contribution in [0, 0.1) is 11.7 Å². The van der Waals surface area contributed by atoms with Gasteiger partial charge in [-0.2, -0.15) is 0 Å². The molecule has 0 saturated heterocycles. The molecule has 1 aromatic carbocycles. The Labute approximate surface area is 113 Å². The summed E-state index contributed by atoms with van der Waals surface area (Å²) in [5.74, 6) is 0.289. The van der Waals surface area contributed by atoms with Gasteiger partial charge in [0.25, 0.3) is 0 Å². The molecule has 1 aliphatic carbocycles. The third kappa shape index (κ3) is 3.77. The van der Waals surface area contributed by atoms with Crippen molar-refractivity contribution in [3.63, 3.8) is 0 Å². The van der Waals surface area contributed by atoms with Crippen LogP contribution in [0.2, 0.25) is 0 Å². The van der Waals surface area contributed by atoms with Gasteiger partial charge in [0.2, 0.25) is 5.91 Å². The molecule has 0 bridgehead atoms. The van der Waals surface area contributed by atoms with E-state index in [0.717, 1.165) is 19.3 Å². The molecule has 104 valence electrons. The standard InChI is InChI=1S/C15H21FN2O/c16-13-6-2-7-14(11-13)18(9-3-8-17)15(19)10-12-4-1-5-12/h2,6-7,11-12H,1,3-5,8-10,17H2. The molecule has 0 spiro atoms. The average Bonchev–Trinajstić information content (AvgIpc) is 2.34. The van der Waals surface area contributed by atoms with Crippen molar-refractivity contribution in [2.75, 3.05) is 18.0 Å². The number of hydrogen-bond acceptors (Lipinski definition) is 2. The molecule has 2 N–H and O–H groups in total. The number of benzene rings is 1. The van der Waals surface area contributed by atoms with E-state index in [1.807, 2.05) is 0 Å². The van der Waals surface area contributed by atoms with Crippen molar-refractivity contribution in [2.24, 2.45) is 11.7 Å². The number of nitrogens with zero attached hydrogens (tertiary/aromatic N) is 1. The van der Waals surface area contributed by atoms with Crippen LogP contribution in [0.25, 0.3) is 0 Å². The van der Waals surface area contributed by atoms with Gasteiger partial charge >= 0.3 is 0 Å². The second kappa shape index (κ2) is 6.66. The fourth-order valence-corrected chi connectivity index (χ4v) is 2.35. The molecule has 1 fully saturated rings. The van der Waals surface area contributed by atoms with Crippen LogP contribution in [0.15, 0.2) is 24.3 Å². The van der Waals surface area contributed by atoms with E-state index >= 15 is 0 Å². The van der Waals surface area contributed by atoms with Gasteiger partial charge in [0.05, 0.1) is 0 Å². The Kier molecular flexibility index (Phi) is 4.91. The minimum Gasteiger partial charge on any atom is -0.330 e. The maximum Gasteiger partial charge on any atom is 0.227 e. The van der Waals surface area contributed by atoms with E-state index in [9.17, 15) is 9.18 Å². The summed E-state index contributed by atoms with van der Waals surface area (Å²) in [6.45, 7) is 1.09. The maximum absolute atomic E-state index is 13.3. The average molecular weight is 264 g/mol. The highest BCUT2D eigenvalue weighted by Crippen LogP contribution is 2.30. The Balaban J connectivity index is 2.07. The van der Waals surface area contributed by atoms with E-state index in [2.05, 4.69) is 0 Å². The van der Waals surface area contributed by atoms with Gasteiger partial charge in [0, 0.05) is 18.7 Å². The Morgan fingerprint density at radius 3 is 2.79 bits per heavy atom. The summed E-state index contributed by atoms with van der Waals surface area (Å²) in [7, 11) is 0. The molecule has 1 aliphatic rings. The number of rotatable bonds is 6. The van der Waals surface area contributed by atoms with Crippen LogP contribution in [0.1, 0.15) is 32.1 Å². The van der Waals surface area contributed by atoms with Crippen LogP contribution in [0.3, 0.4) is 0 Å². The van der Waals surface area contributed by atoms with Gasteiger partial charge in [-0.3, -0.25) is 4.79 Å². The van der Waals surface area contributed by atoms with E-state index in [0.29, 0.717) is 31.1 Å². The van der Waals surface area contributed by atoms with Crippen molar-refractivity contribution < 1.29 is 9.18 Å². The number of halogens is 1. The van der Waals surface area contributed by atoms with Crippen molar-refractivity contribution in [3.05, 3.63) is 30.1 Å². The third-order valence-corrected chi connectivity index (χ3v) is 3.69. The van der Waals surface area contributed by atoms with E-state index in [-0.39, 0.29) is 11.7 Å². The van der Waals surface area contributed by atoms with Crippen LogP contribution >= 0.6 is 0 Å². The zero-order chi connectivity index (χ0) is 13.7. The van der Waals surface area contributed by atoms with Gasteiger partial charge in [-0.1, -0.05) is 12.5 Å². The lowest BCUT2D eigenvalue weighted by atomic mass is 9.82. The molecule has 0 radical (unpaired) electrons. The second-order valence-electron chi connectivity index (χ2n) is 5.17. The zero-order valence-corrected chi connectivity index (χ0v) is 11.1. The molecular weight excluding hydrogens is 243 g/mol. The largest absolute Gasteiger partial charge is 0.330 e. The molecule has 0 unspecified atom stereocenters. The quantitative estimate of drug-likeness (QED) is 0.858. The van der Waals surface area contributed by atoms with Crippen molar-refractivity contribution in [3.8, 4) is 0 Å². The minimum absolute atomic E-state index is 0.0868. The first-order chi connectivity index (χ1) is 9.20. The highest BCUT2D eigenvalue weighted by atomic mass is 19.1. The van der Waals surface area contributed by atoms with Gasteiger partial charge in [-0.15, -0.1) is 0 Å². The molecule has 4 heteroatoms. The first kappa shape index (κ1) is 14.0. The number of nitrogens with two attached hydrogens (primary N) is 1. The summed E-state index contributed by atoms with van der Waals surface area (Å²) in [6, 6.07) is 6.21. The summed E-state index contributed by atoms with van der Waals surface area (Å²) >= 11 is 0. The van der Waals surface area contributed by atoms with E-state index in [1.54, 1.807) is 17.0 Å². The molecule has 1 amide bonds. The van der Waals surface area contributed by atoms with Gasteiger partial charge in [0.15, 0.2) is 0 Å². The molecule has 3 nitrogen and oxygen atoms in total. The van der Waals surface area contributed by atoms with Crippen LogP contribution < -0.4 is 10.6 Å². The van der Waals surface area contributed by atoms with E-state index < -0.39 is 0 Å². The highest BCUT2D eigenvalue weighted by molar-refractivity contribution is 5.93. The van der Waals surface area contributed by atoms with Crippen molar-refractivity contribution in [1.82, 2.24) is 0 Å². The van der Waals surface area contributed by atoms with Crippen LogP contribution in [0.5, 0.6) is 0 Å². The lowest BCUT2D eigenvalue weighted by molar-refractivity contribution is -0.120. The van der Waals surface area contributed by atoms with Gasteiger partial charge in [-0.25, -0.2) is 4.39 Å². The Morgan fingerprint density at radius 1 is 1.42 bits per heavy atom. The minimum atomic E-state index is -0.313. The van der Waals surface area contributed by atoms with Crippen LogP contribution in [-0.4, -0.2) is 19.0 Å². The zero-order valence-electron chi connectivity index (χ0n) is 11.1. The van der Waals surface area contributed by atoms with Crippen LogP contribution in [0.4, 0.5) is 10.1 Å². The van der Waals surface area contributed by atoms with Crippen molar-refractivity contribution in [1.29, 1.82) is 0 Å². The number of carbonyl (C=O) groups excluding carboxylic acids is 1. The smallest absolute Gasteiger partial charge is 0.227 e. The van der Waals surface area contributed by atoms with Crippen molar-refractivity contribution in [2.45, 2.75) is 32.1 Å². The Hall–Kier alpha value is -1.42. The fourth-order valence-electron chi connectivity index (χ4n) is 2.35. The summed E-state index contributed by atoms with van der Waals surface area (Å²) in [5, 5.41) is 0. The Morgan fingerprint density at radius 2 is 2.21 bits per heavy atom. The number of hydrogen-bond donors (Lipinski definition) is 1. The molecule has 2 rings (SSSR count). The molecule has 1 aromatic rings. The normalized spacial score (nSPS) is 15.1. The van der Waals surface area contributed by atoms with Crippen molar-refractivity contribution >= 4 is 11.6 Å². The van der Waals surface area contributed by atoms with E-state index in [1.165, 1.54) is 18.6 Å². The molecule has 0 aromatic heterocycles. The number of carbonyl (C=O) groups is 1. The maximum atomic E-state index is 13.3. The van der Waals surface area contributed by atoms with Gasteiger partial charge in [0.1, 0.15) is 5.82 Å². The molecule has 0 heterocycles. The predicted octanol–water partition coefficient (Wildman–Crippen LogP) is 2.70. The monoisotopic (exact) mass is 264 g/mol. The lowest BCUT2D eigenvalue weighted by Gasteiger charge is -2.29. The van der Waals surface area contributed by atoms with E-state index in [4.69, 9.17) is 5.73 Å². The summed E-state index contributed by atoms with van der Waals surface area (Å²) in [5.41, 5.74) is 6.15. The van der Waals surface area contributed by atoms with Gasteiger partial charge in [-0.05, 0) is 49.9 Å². The topological polar surface area (TPSA) is 46.3 Å². The summed E-state index contributed by atoms with van der Waals surface area (Å²) in [4.78, 5) is 14.0. The number of amides is 1. The lowest BCUT2D eigenvalue weighted by Crippen LogP contribution is -2.35. The number of anilines is 1. The Bertz CT molecular complexity index is 432. The molecule has 0 aliphatic heterocycles. The second-order valence-corrected chi connectivity index (χ2v) is 5.17. The molecule has 0 atom stereocenters.